The fraction of sp³-hybridized carbons (Fsp3) is 0. The monoisotopic (exact) mass is 273 g/mol. The van der Waals surface area contributed by atoms with Gasteiger partial charge in [-0.3, -0.25) is 0 Å². The van der Waals surface area contributed by atoms with Crippen molar-refractivity contribution in [3.05, 3.63) is 53.3 Å². The third-order valence-corrected chi connectivity index (χ3v) is 3.02. The number of fused-ring (bicyclic) bond motifs is 1. The van der Waals surface area contributed by atoms with Gasteiger partial charge >= 0.3 is 5.97 Å². The highest BCUT2D eigenvalue weighted by molar-refractivity contribution is 6.32. The van der Waals surface area contributed by atoms with E-state index in [9.17, 15) is 4.79 Å². The molecule has 3 aromatic rings. The Labute approximate surface area is 113 Å². The first-order chi connectivity index (χ1) is 9.16. The van der Waals surface area contributed by atoms with Crippen molar-refractivity contribution in [2.75, 3.05) is 0 Å². The van der Waals surface area contributed by atoms with Gasteiger partial charge in [-0.25, -0.2) is 14.5 Å². The third-order valence-electron chi connectivity index (χ3n) is 2.75. The van der Waals surface area contributed by atoms with Crippen molar-refractivity contribution in [1.82, 2.24) is 14.8 Å². The summed E-state index contributed by atoms with van der Waals surface area (Å²) >= 11 is 6.08. The zero-order valence-corrected chi connectivity index (χ0v) is 10.4. The summed E-state index contributed by atoms with van der Waals surface area (Å²) in [4.78, 5) is 14.9. The van der Waals surface area contributed by atoms with E-state index in [4.69, 9.17) is 16.7 Å². The van der Waals surface area contributed by atoms with Gasteiger partial charge in [0, 0.05) is 11.6 Å². The van der Waals surface area contributed by atoms with Gasteiger partial charge in [-0.2, -0.15) is 5.10 Å². The molecule has 0 amide bonds. The molecule has 19 heavy (non-hydrogen) atoms. The number of carboxylic acid groups (broad SMARTS) is 1. The van der Waals surface area contributed by atoms with E-state index in [-0.39, 0.29) is 10.6 Å². The molecule has 1 aromatic carbocycles. The number of aromatic carboxylic acids is 1. The number of nitrogens with zero attached hydrogens (tertiary/aromatic N) is 3. The zero-order valence-electron chi connectivity index (χ0n) is 9.62. The minimum absolute atomic E-state index is 0.0465. The molecule has 2 heterocycles. The fourth-order valence-corrected chi connectivity index (χ4v) is 2.09. The van der Waals surface area contributed by atoms with Crippen LogP contribution in [0.25, 0.3) is 16.7 Å². The summed E-state index contributed by atoms with van der Waals surface area (Å²) < 4.78 is 1.59. The summed E-state index contributed by atoms with van der Waals surface area (Å²) in [7, 11) is 0. The van der Waals surface area contributed by atoms with Crippen LogP contribution in [0.2, 0.25) is 5.02 Å². The van der Waals surface area contributed by atoms with Gasteiger partial charge in [0.15, 0.2) is 5.82 Å². The Morgan fingerprint density at radius 1 is 1.26 bits per heavy atom. The van der Waals surface area contributed by atoms with Gasteiger partial charge in [0.05, 0.1) is 22.3 Å². The molecule has 1 N–H and O–H groups in total. The smallest absolute Gasteiger partial charge is 0.337 e. The van der Waals surface area contributed by atoms with Crippen molar-refractivity contribution in [2.45, 2.75) is 0 Å². The Morgan fingerprint density at radius 3 is 2.79 bits per heavy atom. The van der Waals surface area contributed by atoms with Crippen molar-refractivity contribution in [3.63, 3.8) is 0 Å². The average Bonchev–Trinajstić information content (AvgIpc) is 2.82. The van der Waals surface area contributed by atoms with E-state index in [1.807, 2.05) is 24.3 Å². The number of para-hydroxylation sites is 1. The maximum absolute atomic E-state index is 10.8. The Morgan fingerprint density at radius 2 is 2.05 bits per heavy atom. The molecule has 0 radical (unpaired) electrons. The molecule has 3 rings (SSSR count). The molecule has 0 spiro atoms. The number of hydrogen-bond acceptors (Lipinski definition) is 3. The number of halogens is 1. The lowest BCUT2D eigenvalue weighted by Gasteiger charge is -2.05. The molecule has 2 aromatic heterocycles. The second kappa shape index (κ2) is 4.37. The van der Waals surface area contributed by atoms with Crippen molar-refractivity contribution < 1.29 is 9.90 Å². The van der Waals surface area contributed by atoms with E-state index in [1.54, 1.807) is 10.9 Å². The molecule has 0 fully saturated rings. The highest BCUT2D eigenvalue weighted by atomic mass is 35.5. The lowest BCUT2D eigenvalue weighted by atomic mass is 10.2. The van der Waals surface area contributed by atoms with Crippen LogP contribution < -0.4 is 0 Å². The maximum atomic E-state index is 10.8. The van der Waals surface area contributed by atoms with Crippen LogP contribution in [0.5, 0.6) is 0 Å². The fourth-order valence-electron chi connectivity index (χ4n) is 1.84. The molecule has 5 nitrogen and oxygen atoms in total. The minimum Gasteiger partial charge on any atom is -0.478 e. The normalized spacial score (nSPS) is 10.8. The second-order valence-corrected chi connectivity index (χ2v) is 4.36. The Hall–Kier alpha value is -2.40. The van der Waals surface area contributed by atoms with Crippen LogP contribution in [0.3, 0.4) is 0 Å². The number of carboxylic acids is 1. The largest absolute Gasteiger partial charge is 0.478 e. The van der Waals surface area contributed by atoms with Crippen LogP contribution in [-0.2, 0) is 0 Å². The number of rotatable bonds is 2. The van der Waals surface area contributed by atoms with Crippen LogP contribution in [0, 0.1) is 0 Å². The number of hydrogen-bond donors (Lipinski definition) is 1. The molecule has 0 bridgehead atoms. The first-order valence-electron chi connectivity index (χ1n) is 5.49. The van der Waals surface area contributed by atoms with Gasteiger partial charge in [-0.15, -0.1) is 0 Å². The van der Waals surface area contributed by atoms with E-state index in [2.05, 4.69) is 10.1 Å². The predicted molar refractivity (Wildman–Crippen MR) is 70.8 cm³/mol. The van der Waals surface area contributed by atoms with Gasteiger partial charge in [-0.1, -0.05) is 29.8 Å². The van der Waals surface area contributed by atoms with Crippen LogP contribution in [0.1, 0.15) is 10.4 Å². The third kappa shape index (κ3) is 1.94. The summed E-state index contributed by atoms with van der Waals surface area (Å²) in [5.41, 5.74) is 0.908. The van der Waals surface area contributed by atoms with Crippen molar-refractivity contribution >= 4 is 28.5 Å². The summed E-state index contributed by atoms with van der Waals surface area (Å²) in [5.74, 6) is -0.654. The highest BCUT2D eigenvalue weighted by Crippen LogP contribution is 2.23. The molecule has 94 valence electrons. The van der Waals surface area contributed by atoms with Crippen molar-refractivity contribution in [3.8, 4) is 5.82 Å². The standard InChI is InChI=1S/C13H8ClN3O2/c14-10-5-9(13(18)19)6-15-12(10)17-11-4-2-1-3-8(11)7-16-17/h1-7H,(H,18,19). The maximum Gasteiger partial charge on any atom is 0.337 e. The topological polar surface area (TPSA) is 68.0 Å². The average molecular weight is 274 g/mol. The molecule has 6 heteroatoms. The van der Waals surface area contributed by atoms with Crippen LogP contribution in [-0.4, -0.2) is 25.8 Å². The second-order valence-electron chi connectivity index (χ2n) is 3.95. The Kier molecular flexibility index (Phi) is 2.68. The lowest BCUT2D eigenvalue weighted by Crippen LogP contribution is -2.03. The molecular weight excluding hydrogens is 266 g/mol. The molecule has 0 aliphatic heterocycles. The number of carbonyl (C=O) groups is 1. The van der Waals surface area contributed by atoms with Gasteiger partial charge in [0.2, 0.25) is 0 Å². The SMILES string of the molecule is O=C(O)c1cnc(-n2ncc3ccccc32)c(Cl)c1. The zero-order chi connectivity index (χ0) is 13.4. The quantitative estimate of drug-likeness (QED) is 0.779. The molecular formula is C13H8ClN3O2. The van der Waals surface area contributed by atoms with Crippen LogP contribution in [0.15, 0.2) is 42.7 Å². The van der Waals surface area contributed by atoms with E-state index >= 15 is 0 Å². The van der Waals surface area contributed by atoms with Crippen LogP contribution >= 0.6 is 11.6 Å². The van der Waals surface area contributed by atoms with Gasteiger partial charge in [0.1, 0.15) is 0 Å². The van der Waals surface area contributed by atoms with Crippen molar-refractivity contribution in [1.29, 1.82) is 0 Å². The van der Waals surface area contributed by atoms with Crippen LogP contribution in [0.4, 0.5) is 0 Å². The molecule has 0 atom stereocenters. The number of aromatic nitrogens is 3. The Bertz CT molecular complexity index is 782. The highest BCUT2D eigenvalue weighted by Gasteiger charge is 2.12. The van der Waals surface area contributed by atoms with Gasteiger partial charge in [0.25, 0.3) is 0 Å². The van der Waals surface area contributed by atoms with Crippen molar-refractivity contribution in [2.24, 2.45) is 0 Å². The van der Waals surface area contributed by atoms with Gasteiger partial charge < -0.3 is 5.11 Å². The summed E-state index contributed by atoms with van der Waals surface area (Å²) in [6.45, 7) is 0. The van der Waals surface area contributed by atoms with E-state index in [0.29, 0.717) is 5.82 Å². The summed E-state index contributed by atoms with van der Waals surface area (Å²) in [5, 5.41) is 14.3. The number of benzene rings is 1. The minimum atomic E-state index is -1.06. The molecule has 0 saturated heterocycles. The summed E-state index contributed by atoms with van der Waals surface area (Å²) in [6.07, 6.45) is 2.97. The molecule has 0 aliphatic rings. The first-order valence-corrected chi connectivity index (χ1v) is 5.86. The van der Waals surface area contributed by atoms with Gasteiger partial charge in [-0.05, 0) is 12.1 Å². The first kappa shape index (κ1) is 11.7. The molecule has 0 aliphatic carbocycles. The molecule has 0 saturated carbocycles. The predicted octanol–water partition coefficient (Wildman–Crippen LogP) is 2.77. The number of pyridine rings is 1. The molecule has 0 unspecified atom stereocenters. The van der Waals surface area contributed by atoms with E-state index in [1.165, 1.54) is 12.3 Å². The Balaban J connectivity index is 2.19. The lowest BCUT2D eigenvalue weighted by molar-refractivity contribution is 0.0696. The summed E-state index contributed by atoms with van der Waals surface area (Å²) in [6, 6.07) is 8.99. The van der Waals surface area contributed by atoms with E-state index in [0.717, 1.165) is 10.9 Å². The van der Waals surface area contributed by atoms with E-state index < -0.39 is 5.97 Å².